The van der Waals surface area contributed by atoms with Crippen LogP contribution in [0.4, 0.5) is 5.69 Å². The van der Waals surface area contributed by atoms with E-state index in [1.54, 1.807) is 0 Å². The number of benzene rings is 1. The van der Waals surface area contributed by atoms with Crippen molar-refractivity contribution in [1.82, 2.24) is 5.32 Å². The summed E-state index contributed by atoms with van der Waals surface area (Å²) in [5.74, 6) is 0. The summed E-state index contributed by atoms with van der Waals surface area (Å²) in [7, 11) is 0. The van der Waals surface area contributed by atoms with E-state index >= 15 is 0 Å². The average Bonchev–Trinajstić information content (AvgIpc) is 2.21. The highest BCUT2D eigenvalue weighted by molar-refractivity contribution is 5.39. The quantitative estimate of drug-likeness (QED) is 0.490. The second-order valence-corrected chi connectivity index (χ2v) is 2.30. The predicted octanol–water partition coefficient (Wildman–Crippen LogP) is 1.48. The molecule has 2 aliphatic rings. The molecule has 45 valence electrons. The molecule has 2 bridgehead atoms. The molecule has 1 aromatic rings. The summed E-state index contributed by atoms with van der Waals surface area (Å²) in [6.45, 7) is 0.963. The van der Waals surface area contributed by atoms with Gasteiger partial charge < -0.3 is 0 Å². The lowest BCUT2D eigenvalue weighted by atomic mass is 10.2. The van der Waals surface area contributed by atoms with Crippen molar-refractivity contribution >= 4 is 5.69 Å². The van der Waals surface area contributed by atoms with Crippen LogP contribution < -0.4 is 5.32 Å². The van der Waals surface area contributed by atoms with Crippen molar-refractivity contribution in [1.29, 1.82) is 0 Å². The summed E-state index contributed by atoms with van der Waals surface area (Å²) >= 11 is 0. The van der Waals surface area contributed by atoms with Gasteiger partial charge in [0.15, 0.2) is 0 Å². The van der Waals surface area contributed by atoms with Gasteiger partial charge in [-0.15, -0.1) is 0 Å². The van der Waals surface area contributed by atoms with Gasteiger partial charge in [0.05, 0.1) is 5.69 Å². The number of nitrogens with zero attached hydrogens (tertiary/aromatic N) is 1. The number of rotatable bonds is 0. The topological polar surface area (TPSA) is 14.1 Å². The van der Waals surface area contributed by atoms with E-state index in [9.17, 15) is 0 Å². The molecule has 1 aromatic carbocycles. The molecule has 0 N–H and O–H groups in total. The van der Waals surface area contributed by atoms with Crippen molar-refractivity contribution in [3.63, 3.8) is 0 Å². The van der Waals surface area contributed by atoms with Gasteiger partial charge in [0.25, 0.3) is 0 Å². The molecule has 1 radical (unpaired) electrons. The Bertz CT molecular complexity index is 177. The van der Waals surface area contributed by atoms with E-state index < -0.39 is 0 Å². The molecule has 0 saturated carbocycles. The molecule has 0 amide bonds. The standard InChI is InChI=1S/C8H8N/c1-3-8-4-2-7(1)5-6-9-8/h1-4H,5-6H2. The normalized spacial score (nSPS) is 14.7. The van der Waals surface area contributed by atoms with E-state index in [4.69, 9.17) is 0 Å². The maximum absolute atomic E-state index is 4.31. The fourth-order valence-electron chi connectivity index (χ4n) is 1.08. The highest BCUT2D eigenvalue weighted by atomic mass is 14.9. The number of hydrogen-bond acceptors (Lipinski definition) is 0. The zero-order valence-corrected chi connectivity index (χ0v) is 5.17. The van der Waals surface area contributed by atoms with Crippen molar-refractivity contribution in [2.24, 2.45) is 0 Å². The Morgan fingerprint density at radius 3 is 2.67 bits per heavy atom. The van der Waals surface area contributed by atoms with Gasteiger partial charge in [-0.3, -0.25) is 5.32 Å². The molecular formula is C8H8N. The van der Waals surface area contributed by atoms with Gasteiger partial charge in [0, 0.05) is 6.54 Å². The van der Waals surface area contributed by atoms with E-state index in [0.717, 1.165) is 18.7 Å². The Morgan fingerprint density at radius 2 is 1.89 bits per heavy atom. The zero-order chi connectivity index (χ0) is 6.10. The summed E-state index contributed by atoms with van der Waals surface area (Å²) in [5.41, 5.74) is 2.52. The summed E-state index contributed by atoms with van der Waals surface area (Å²) in [6, 6.07) is 8.43. The fourth-order valence-corrected chi connectivity index (χ4v) is 1.08. The van der Waals surface area contributed by atoms with Gasteiger partial charge >= 0.3 is 0 Å². The third-order valence-electron chi connectivity index (χ3n) is 1.63. The molecule has 0 aliphatic carbocycles. The van der Waals surface area contributed by atoms with Crippen molar-refractivity contribution < 1.29 is 0 Å². The first-order valence-electron chi connectivity index (χ1n) is 3.21. The fraction of sp³-hybridized carbons (Fsp3) is 0.250. The first-order valence-corrected chi connectivity index (χ1v) is 3.21. The number of fused-ring (bicyclic) bond motifs is 4. The molecule has 0 spiro atoms. The molecule has 9 heavy (non-hydrogen) atoms. The van der Waals surface area contributed by atoms with Crippen LogP contribution in [0.15, 0.2) is 24.3 Å². The van der Waals surface area contributed by atoms with Crippen LogP contribution in [0, 0.1) is 0 Å². The third-order valence-corrected chi connectivity index (χ3v) is 1.63. The van der Waals surface area contributed by atoms with E-state index in [1.165, 1.54) is 5.56 Å². The molecule has 2 heterocycles. The highest BCUT2D eigenvalue weighted by Gasteiger charge is 2.00. The van der Waals surface area contributed by atoms with E-state index in [-0.39, 0.29) is 0 Å². The first-order chi connectivity index (χ1) is 4.45. The summed E-state index contributed by atoms with van der Waals surface area (Å²) < 4.78 is 0. The SMILES string of the molecule is c1cc2ccc1CC[N]2. The summed E-state index contributed by atoms with van der Waals surface area (Å²) in [6.07, 6.45) is 1.11. The Hall–Kier alpha value is -0.980. The second kappa shape index (κ2) is 1.76. The van der Waals surface area contributed by atoms with Gasteiger partial charge in [0.2, 0.25) is 0 Å². The minimum atomic E-state index is 0.963. The predicted molar refractivity (Wildman–Crippen MR) is 36.8 cm³/mol. The van der Waals surface area contributed by atoms with E-state index in [1.807, 2.05) is 0 Å². The minimum absolute atomic E-state index is 0.963. The van der Waals surface area contributed by atoms with Crippen LogP contribution in [-0.4, -0.2) is 6.54 Å². The lowest BCUT2D eigenvalue weighted by Gasteiger charge is -1.91. The molecule has 1 nitrogen and oxygen atoms in total. The summed E-state index contributed by atoms with van der Waals surface area (Å²) in [4.78, 5) is 0. The maximum atomic E-state index is 4.31. The molecule has 2 aliphatic heterocycles. The molecule has 0 fully saturated rings. The Morgan fingerprint density at radius 1 is 1.11 bits per heavy atom. The third kappa shape index (κ3) is 0.784. The van der Waals surface area contributed by atoms with E-state index in [2.05, 4.69) is 29.6 Å². The Labute approximate surface area is 54.7 Å². The van der Waals surface area contributed by atoms with Gasteiger partial charge in [-0.2, -0.15) is 0 Å². The first kappa shape index (κ1) is 4.86. The number of hydrogen-bond donors (Lipinski definition) is 0. The van der Waals surface area contributed by atoms with Crippen LogP contribution >= 0.6 is 0 Å². The maximum Gasteiger partial charge on any atom is 0.0574 e. The lowest BCUT2D eigenvalue weighted by Crippen LogP contribution is -1.97. The smallest absolute Gasteiger partial charge is 0.0574 e. The average molecular weight is 118 g/mol. The van der Waals surface area contributed by atoms with Crippen molar-refractivity contribution in [2.45, 2.75) is 6.42 Å². The monoisotopic (exact) mass is 118 g/mol. The van der Waals surface area contributed by atoms with Crippen LogP contribution in [0.1, 0.15) is 5.56 Å². The molecule has 0 saturated heterocycles. The highest BCUT2D eigenvalue weighted by Crippen LogP contribution is 2.13. The molecule has 0 unspecified atom stereocenters. The minimum Gasteiger partial charge on any atom is -0.285 e. The van der Waals surface area contributed by atoms with Crippen molar-refractivity contribution in [3.05, 3.63) is 29.8 Å². The second-order valence-electron chi connectivity index (χ2n) is 2.30. The summed E-state index contributed by atoms with van der Waals surface area (Å²) in [5, 5.41) is 4.31. The molecule has 0 aromatic heterocycles. The van der Waals surface area contributed by atoms with E-state index in [0.29, 0.717) is 0 Å². The van der Waals surface area contributed by atoms with Gasteiger partial charge in [-0.05, 0) is 24.1 Å². The van der Waals surface area contributed by atoms with Crippen LogP contribution in [0.2, 0.25) is 0 Å². The van der Waals surface area contributed by atoms with Crippen LogP contribution in [0.25, 0.3) is 0 Å². The van der Waals surface area contributed by atoms with Crippen molar-refractivity contribution in [2.75, 3.05) is 6.54 Å². The Balaban J connectivity index is 2.53. The van der Waals surface area contributed by atoms with Crippen LogP contribution in [0.5, 0.6) is 0 Å². The van der Waals surface area contributed by atoms with Gasteiger partial charge in [-0.25, -0.2) is 0 Å². The largest absolute Gasteiger partial charge is 0.285 e. The lowest BCUT2D eigenvalue weighted by molar-refractivity contribution is 0.847. The molecular weight excluding hydrogens is 110 g/mol. The van der Waals surface area contributed by atoms with Crippen LogP contribution in [-0.2, 0) is 6.42 Å². The molecule has 3 rings (SSSR count). The molecule has 0 atom stereocenters. The zero-order valence-electron chi connectivity index (χ0n) is 5.17. The van der Waals surface area contributed by atoms with Gasteiger partial charge in [-0.1, -0.05) is 12.1 Å². The van der Waals surface area contributed by atoms with Crippen molar-refractivity contribution in [3.8, 4) is 0 Å². The molecule has 1 heteroatoms. The van der Waals surface area contributed by atoms with Crippen LogP contribution in [0.3, 0.4) is 0 Å². The Kier molecular flexibility index (Phi) is 0.950. The van der Waals surface area contributed by atoms with Gasteiger partial charge in [0.1, 0.15) is 0 Å².